The Labute approximate surface area is 162 Å². The maximum Gasteiger partial charge on any atom is 0.250 e. The molecule has 2 aromatic rings. The van der Waals surface area contributed by atoms with Crippen molar-refractivity contribution in [2.75, 3.05) is 18.5 Å². The molecule has 0 aliphatic rings. The first-order valence-electron chi connectivity index (χ1n) is 8.49. The van der Waals surface area contributed by atoms with Gasteiger partial charge in [-0.2, -0.15) is 0 Å². The van der Waals surface area contributed by atoms with Crippen molar-refractivity contribution in [1.29, 1.82) is 0 Å². The average molecular weight is 419 g/mol. The summed E-state index contributed by atoms with van der Waals surface area (Å²) in [6.45, 7) is 1.65. The summed E-state index contributed by atoms with van der Waals surface area (Å²) in [5, 5.41) is 5.59. The molecule has 1 atom stereocenters. The van der Waals surface area contributed by atoms with Crippen molar-refractivity contribution in [1.82, 2.24) is 5.32 Å². The number of aryl methyl sites for hydroxylation is 1. The van der Waals surface area contributed by atoms with E-state index in [2.05, 4.69) is 38.7 Å². The Morgan fingerprint density at radius 2 is 1.77 bits per heavy atom. The van der Waals surface area contributed by atoms with E-state index in [1.807, 2.05) is 37.3 Å². The van der Waals surface area contributed by atoms with Crippen molar-refractivity contribution in [2.45, 2.75) is 25.8 Å². The first kappa shape index (κ1) is 20.1. The minimum absolute atomic E-state index is 0.0433. The van der Waals surface area contributed by atoms with Crippen LogP contribution in [0.4, 0.5) is 5.69 Å². The SMILES string of the molecule is C[C@H](CCc1ccccc1)NC(=O)COCC(=O)Nc1cccc(Br)c1. The van der Waals surface area contributed by atoms with E-state index in [0.29, 0.717) is 5.69 Å². The third-order valence-electron chi connectivity index (χ3n) is 3.69. The zero-order valence-electron chi connectivity index (χ0n) is 14.7. The molecular formula is C20H23BrN2O3. The van der Waals surface area contributed by atoms with Crippen LogP contribution < -0.4 is 10.6 Å². The number of nitrogens with one attached hydrogen (secondary N) is 2. The first-order chi connectivity index (χ1) is 12.5. The summed E-state index contributed by atoms with van der Waals surface area (Å²) in [4.78, 5) is 23.7. The molecule has 2 aromatic carbocycles. The fourth-order valence-electron chi connectivity index (χ4n) is 2.42. The number of rotatable bonds is 9. The molecule has 0 aromatic heterocycles. The molecular weight excluding hydrogens is 396 g/mol. The summed E-state index contributed by atoms with van der Waals surface area (Å²) in [7, 11) is 0. The maximum absolute atomic E-state index is 11.9. The van der Waals surface area contributed by atoms with Crippen LogP contribution in [0.3, 0.4) is 0 Å². The average Bonchev–Trinajstić information content (AvgIpc) is 2.61. The van der Waals surface area contributed by atoms with Gasteiger partial charge in [-0.1, -0.05) is 52.3 Å². The van der Waals surface area contributed by atoms with Gasteiger partial charge >= 0.3 is 0 Å². The molecule has 2 amide bonds. The lowest BCUT2D eigenvalue weighted by Gasteiger charge is -2.14. The molecule has 0 saturated carbocycles. The summed E-state index contributed by atoms with van der Waals surface area (Å²) in [6, 6.07) is 17.4. The van der Waals surface area contributed by atoms with Crippen LogP contribution in [-0.2, 0) is 20.7 Å². The zero-order valence-corrected chi connectivity index (χ0v) is 16.3. The van der Waals surface area contributed by atoms with E-state index >= 15 is 0 Å². The van der Waals surface area contributed by atoms with Gasteiger partial charge in [-0.05, 0) is 43.5 Å². The molecule has 0 saturated heterocycles. The molecule has 26 heavy (non-hydrogen) atoms. The van der Waals surface area contributed by atoms with E-state index in [-0.39, 0.29) is 31.1 Å². The number of ether oxygens (including phenoxy) is 1. The predicted molar refractivity (Wildman–Crippen MR) is 106 cm³/mol. The van der Waals surface area contributed by atoms with Crippen molar-refractivity contribution in [3.8, 4) is 0 Å². The van der Waals surface area contributed by atoms with Crippen LogP contribution in [0.5, 0.6) is 0 Å². The molecule has 0 spiro atoms. The fourth-order valence-corrected chi connectivity index (χ4v) is 2.82. The van der Waals surface area contributed by atoms with Gasteiger partial charge in [0.05, 0.1) is 0 Å². The van der Waals surface area contributed by atoms with E-state index in [1.54, 1.807) is 12.1 Å². The van der Waals surface area contributed by atoms with Crippen LogP contribution in [0, 0.1) is 0 Å². The number of hydrogen-bond donors (Lipinski definition) is 2. The van der Waals surface area contributed by atoms with Crippen LogP contribution in [0.2, 0.25) is 0 Å². The number of hydrogen-bond acceptors (Lipinski definition) is 3. The van der Waals surface area contributed by atoms with Gasteiger partial charge in [0.1, 0.15) is 13.2 Å². The Hall–Kier alpha value is -2.18. The van der Waals surface area contributed by atoms with Crippen LogP contribution in [-0.4, -0.2) is 31.1 Å². The molecule has 0 unspecified atom stereocenters. The van der Waals surface area contributed by atoms with Gasteiger partial charge in [0.25, 0.3) is 0 Å². The van der Waals surface area contributed by atoms with Gasteiger partial charge in [-0.15, -0.1) is 0 Å². The molecule has 5 nitrogen and oxygen atoms in total. The van der Waals surface area contributed by atoms with E-state index in [0.717, 1.165) is 17.3 Å². The minimum atomic E-state index is -0.298. The van der Waals surface area contributed by atoms with Crippen molar-refractivity contribution in [3.05, 3.63) is 64.6 Å². The minimum Gasteiger partial charge on any atom is -0.362 e. The highest BCUT2D eigenvalue weighted by molar-refractivity contribution is 9.10. The molecule has 2 rings (SSSR count). The van der Waals surface area contributed by atoms with E-state index in [4.69, 9.17) is 4.74 Å². The Morgan fingerprint density at radius 1 is 1.04 bits per heavy atom. The summed E-state index contributed by atoms with van der Waals surface area (Å²) < 4.78 is 6.06. The molecule has 0 heterocycles. The summed E-state index contributed by atoms with van der Waals surface area (Å²) in [6.07, 6.45) is 1.75. The van der Waals surface area contributed by atoms with Crippen LogP contribution in [0.1, 0.15) is 18.9 Å². The monoisotopic (exact) mass is 418 g/mol. The predicted octanol–water partition coefficient (Wildman–Crippen LogP) is 3.54. The number of amides is 2. The standard InChI is InChI=1S/C20H23BrN2O3/c1-15(10-11-16-6-3-2-4-7-16)22-19(24)13-26-14-20(25)23-18-9-5-8-17(21)12-18/h2-9,12,15H,10-11,13-14H2,1H3,(H,22,24)(H,23,25)/t15-/m1/s1. The van der Waals surface area contributed by atoms with Crippen molar-refractivity contribution in [2.24, 2.45) is 0 Å². The van der Waals surface area contributed by atoms with Gasteiger partial charge in [-0.3, -0.25) is 9.59 Å². The molecule has 0 radical (unpaired) electrons. The van der Waals surface area contributed by atoms with Gasteiger partial charge in [0, 0.05) is 16.2 Å². The number of benzene rings is 2. The number of anilines is 1. The second-order valence-electron chi connectivity index (χ2n) is 6.04. The van der Waals surface area contributed by atoms with Gasteiger partial charge < -0.3 is 15.4 Å². The molecule has 0 bridgehead atoms. The summed E-state index contributed by atoms with van der Waals surface area (Å²) in [5.41, 5.74) is 1.92. The summed E-state index contributed by atoms with van der Waals surface area (Å²) in [5.74, 6) is -0.520. The van der Waals surface area contributed by atoms with Crippen molar-refractivity contribution < 1.29 is 14.3 Å². The van der Waals surface area contributed by atoms with Crippen LogP contribution in [0.15, 0.2) is 59.1 Å². The Morgan fingerprint density at radius 3 is 2.50 bits per heavy atom. The smallest absolute Gasteiger partial charge is 0.250 e. The lowest BCUT2D eigenvalue weighted by Crippen LogP contribution is -2.36. The van der Waals surface area contributed by atoms with E-state index in [1.165, 1.54) is 5.56 Å². The van der Waals surface area contributed by atoms with E-state index < -0.39 is 0 Å². The third-order valence-corrected chi connectivity index (χ3v) is 4.18. The van der Waals surface area contributed by atoms with Crippen LogP contribution in [0.25, 0.3) is 0 Å². The Balaban J connectivity index is 1.61. The van der Waals surface area contributed by atoms with Gasteiger partial charge in [-0.25, -0.2) is 0 Å². The number of halogens is 1. The molecule has 0 aliphatic carbocycles. The summed E-state index contributed by atoms with van der Waals surface area (Å²) >= 11 is 3.34. The van der Waals surface area contributed by atoms with E-state index in [9.17, 15) is 9.59 Å². The molecule has 138 valence electrons. The third kappa shape index (κ3) is 7.80. The molecule has 0 fully saturated rings. The van der Waals surface area contributed by atoms with Crippen LogP contribution >= 0.6 is 15.9 Å². The zero-order chi connectivity index (χ0) is 18.8. The second kappa shape index (κ2) is 10.7. The first-order valence-corrected chi connectivity index (χ1v) is 9.28. The molecule has 6 heteroatoms. The highest BCUT2D eigenvalue weighted by Gasteiger charge is 2.09. The molecule has 0 aliphatic heterocycles. The lowest BCUT2D eigenvalue weighted by molar-refractivity contribution is -0.129. The molecule has 2 N–H and O–H groups in total. The van der Waals surface area contributed by atoms with Crippen molar-refractivity contribution in [3.63, 3.8) is 0 Å². The number of carbonyl (C=O) groups excluding carboxylic acids is 2. The lowest BCUT2D eigenvalue weighted by atomic mass is 10.1. The largest absolute Gasteiger partial charge is 0.362 e. The quantitative estimate of drug-likeness (QED) is 0.654. The van der Waals surface area contributed by atoms with Crippen molar-refractivity contribution >= 4 is 33.4 Å². The fraction of sp³-hybridized carbons (Fsp3) is 0.300. The Bertz CT molecular complexity index is 722. The highest BCUT2D eigenvalue weighted by atomic mass is 79.9. The highest BCUT2D eigenvalue weighted by Crippen LogP contribution is 2.15. The number of carbonyl (C=O) groups is 2. The normalized spacial score (nSPS) is 11.6. The topological polar surface area (TPSA) is 67.4 Å². The Kier molecular flexibility index (Phi) is 8.31. The van der Waals surface area contributed by atoms with Gasteiger partial charge in [0.2, 0.25) is 11.8 Å². The van der Waals surface area contributed by atoms with Gasteiger partial charge in [0.15, 0.2) is 0 Å². The second-order valence-corrected chi connectivity index (χ2v) is 6.96. The maximum atomic E-state index is 11.9.